The van der Waals surface area contributed by atoms with Crippen molar-refractivity contribution in [3.8, 4) is 0 Å². The summed E-state index contributed by atoms with van der Waals surface area (Å²) < 4.78 is 4.54. The molecule has 0 aliphatic carbocycles. The number of rotatable bonds is 3. The van der Waals surface area contributed by atoms with Crippen LogP contribution in [0, 0.1) is 5.41 Å². The molecule has 58 valence electrons. The molecular weight excluding hydrogens is 134 g/mol. The summed E-state index contributed by atoms with van der Waals surface area (Å²) in [5, 5.41) is 9.19. The lowest BCUT2D eigenvalue weighted by Crippen LogP contribution is -2.33. The minimum atomic E-state index is -0.328. The van der Waals surface area contributed by atoms with E-state index in [1.807, 2.05) is 0 Å². The monoisotopic (exact) mass is 145 g/mol. The number of carbonyl (C=O) groups is 1. The Morgan fingerprint density at radius 2 is 2.40 bits per heavy atom. The van der Waals surface area contributed by atoms with E-state index < -0.39 is 0 Å². The van der Waals surface area contributed by atoms with Gasteiger partial charge in [0.2, 0.25) is 0 Å². The molecule has 5 nitrogen and oxygen atoms in total. The van der Waals surface area contributed by atoms with Gasteiger partial charge in [-0.3, -0.25) is 10.2 Å². The Bertz CT molecular complexity index is 119. The first-order chi connectivity index (χ1) is 4.63. The topological polar surface area (TPSA) is 88.2 Å². The SMILES string of the molecule is CC(=O)OCCNC(=N)N. The van der Waals surface area contributed by atoms with Crippen molar-refractivity contribution in [2.75, 3.05) is 13.2 Å². The fraction of sp³-hybridized carbons (Fsp3) is 0.600. The summed E-state index contributed by atoms with van der Waals surface area (Å²) in [6.45, 7) is 1.96. The summed E-state index contributed by atoms with van der Waals surface area (Å²) in [4.78, 5) is 10.2. The van der Waals surface area contributed by atoms with E-state index >= 15 is 0 Å². The smallest absolute Gasteiger partial charge is 0.302 e. The van der Waals surface area contributed by atoms with Gasteiger partial charge in [0.15, 0.2) is 5.96 Å². The Hall–Kier alpha value is -1.26. The molecule has 10 heavy (non-hydrogen) atoms. The third-order valence-corrected chi connectivity index (χ3v) is 0.723. The van der Waals surface area contributed by atoms with Crippen LogP contribution in [0.15, 0.2) is 0 Å². The van der Waals surface area contributed by atoms with Crippen LogP contribution in [0.25, 0.3) is 0 Å². The number of nitrogens with two attached hydrogens (primary N) is 1. The zero-order valence-corrected chi connectivity index (χ0v) is 5.81. The van der Waals surface area contributed by atoms with Crippen molar-refractivity contribution < 1.29 is 9.53 Å². The molecule has 4 N–H and O–H groups in total. The molecule has 5 heteroatoms. The number of hydrogen-bond donors (Lipinski definition) is 3. The van der Waals surface area contributed by atoms with Crippen LogP contribution < -0.4 is 11.1 Å². The van der Waals surface area contributed by atoms with Gasteiger partial charge in [0.1, 0.15) is 6.61 Å². The van der Waals surface area contributed by atoms with Gasteiger partial charge in [0, 0.05) is 6.92 Å². The lowest BCUT2D eigenvalue weighted by molar-refractivity contribution is -0.140. The molecule has 0 unspecified atom stereocenters. The van der Waals surface area contributed by atoms with E-state index in [-0.39, 0.29) is 18.5 Å². The predicted octanol–water partition coefficient (Wildman–Crippen LogP) is -0.967. The van der Waals surface area contributed by atoms with Gasteiger partial charge >= 0.3 is 5.97 Å². The second-order valence-corrected chi connectivity index (χ2v) is 1.68. The van der Waals surface area contributed by atoms with E-state index in [2.05, 4.69) is 10.1 Å². The van der Waals surface area contributed by atoms with E-state index in [1.165, 1.54) is 6.92 Å². The highest BCUT2D eigenvalue weighted by molar-refractivity contribution is 5.74. The van der Waals surface area contributed by atoms with Crippen LogP contribution in [0.4, 0.5) is 0 Å². The van der Waals surface area contributed by atoms with Crippen LogP contribution in [0.5, 0.6) is 0 Å². The van der Waals surface area contributed by atoms with Gasteiger partial charge in [0.25, 0.3) is 0 Å². The number of nitrogens with one attached hydrogen (secondary N) is 2. The Kier molecular flexibility index (Phi) is 4.02. The van der Waals surface area contributed by atoms with Gasteiger partial charge in [-0.25, -0.2) is 0 Å². The summed E-state index contributed by atoms with van der Waals surface area (Å²) in [7, 11) is 0. The molecule has 0 bridgehead atoms. The van der Waals surface area contributed by atoms with Crippen molar-refractivity contribution in [1.29, 1.82) is 5.41 Å². The molecule has 0 aliphatic heterocycles. The highest BCUT2D eigenvalue weighted by Crippen LogP contribution is 1.72. The molecule has 0 spiro atoms. The molecule has 0 aromatic heterocycles. The molecule has 0 heterocycles. The van der Waals surface area contributed by atoms with Gasteiger partial charge in [-0.1, -0.05) is 0 Å². The number of esters is 1. The lowest BCUT2D eigenvalue weighted by atomic mass is 10.6. The molecule has 0 aliphatic rings. The van der Waals surface area contributed by atoms with Gasteiger partial charge in [0.05, 0.1) is 6.54 Å². The Morgan fingerprint density at radius 3 is 2.80 bits per heavy atom. The van der Waals surface area contributed by atoms with E-state index in [1.54, 1.807) is 0 Å². The van der Waals surface area contributed by atoms with Crippen LogP contribution in [-0.4, -0.2) is 25.1 Å². The summed E-state index contributed by atoms with van der Waals surface area (Å²) in [5.74, 6) is -0.447. The third-order valence-electron chi connectivity index (χ3n) is 0.723. The molecular formula is C5H11N3O2. The molecule has 0 saturated carbocycles. The first-order valence-electron chi connectivity index (χ1n) is 2.84. The highest BCUT2D eigenvalue weighted by Gasteiger charge is 1.91. The molecule has 0 rings (SSSR count). The average molecular weight is 145 g/mol. The summed E-state index contributed by atoms with van der Waals surface area (Å²) in [6, 6.07) is 0. The maximum atomic E-state index is 10.2. The Morgan fingerprint density at radius 1 is 1.80 bits per heavy atom. The van der Waals surface area contributed by atoms with Crippen LogP contribution in [0.1, 0.15) is 6.92 Å². The standard InChI is InChI=1S/C5H11N3O2/c1-4(9)10-3-2-8-5(6)7/h2-3H2,1H3,(H4,6,7,8). The number of guanidine groups is 1. The van der Waals surface area contributed by atoms with Crippen molar-refractivity contribution in [3.63, 3.8) is 0 Å². The highest BCUT2D eigenvalue weighted by atomic mass is 16.5. The number of ether oxygens (including phenoxy) is 1. The molecule has 0 amide bonds. The second kappa shape index (κ2) is 4.60. The Balaban J connectivity index is 3.06. The lowest BCUT2D eigenvalue weighted by Gasteiger charge is -2.02. The summed E-state index contributed by atoms with van der Waals surface area (Å²) in [5.41, 5.74) is 4.94. The molecule has 0 atom stereocenters. The van der Waals surface area contributed by atoms with Crippen molar-refractivity contribution in [3.05, 3.63) is 0 Å². The predicted molar refractivity (Wildman–Crippen MR) is 36.5 cm³/mol. The van der Waals surface area contributed by atoms with Gasteiger partial charge in [-0.2, -0.15) is 0 Å². The van der Waals surface area contributed by atoms with Crippen LogP contribution in [0.2, 0.25) is 0 Å². The van der Waals surface area contributed by atoms with Gasteiger partial charge in [-0.15, -0.1) is 0 Å². The summed E-state index contributed by atoms with van der Waals surface area (Å²) >= 11 is 0. The molecule has 0 fully saturated rings. The van der Waals surface area contributed by atoms with E-state index in [4.69, 9.17) is 11.1 Å². The largest absolute Gasteiger partial charge is 0.464 e. The zero-order valence-electron chi connectivity index (χ0n) is 5.81. The van der Waals surface area contributed by atoms with Crippen LogP contribution in [0.3, 0.4) is 0 Å². The summed E-state index contributed by atoms with van der Waals surface area (Å²) in [6.07, 6.45) is 0. The Labute approximate surface area is 59.0 Å². The van der Waals surface area contributed by atoms with Crippen molar-refractivity contribution in [1.82, 2.24) is 5.32 Å². The minimum Gasteiger partial charge on any atom is -0.464 e. The molecule has 0 aromatic carbocycles. The van der Waals surface area contributed by atoms with E-state index in [9.17, 15) is 4.79 Å². The fourth-order valence-corrected chi connectivity index (χ4v) is 0.380. The van der Waals surface area contributed by atoms with Crippen LogP contribution in [-0.2, 0) is 9.53 Å². The van der Waals surface area contributed by atoms with Crippen molar-refractivity contribution >= 4 is 11.9 Å². The first kappa shape index (κ1) is 8.74. The van der Waals surface area contributed by atoms with Gasteiger partial charge in [-0.05, 0) is 0 Å². The minimum absolute atomic E-state index is 0.118. The second-order valence-electron chi connectivity index (χ2n) is 1.68. The van der Waals surface area contributed by atoms with Gasteiger partial charge < -0.3 is 15.8 Å². The number of carbonyl (C=O) groups excluding carboxylic acids is 1. The maximum Gasteiger partial charge on any atom is 0.302 e. The van der Waals surface area contributed by atoms with Crippen molar-refractivity contribution in [2.45, 2.75) is 6.92 Å². The molecule has 0 radical (unpaired) electrons. The van der Waals surface area contributed by atoms with E-state index in [0.717, 1.165) is 0 Å². The quantitative estimate of drug-likeness (QED) is 0.206. The molecule has 0 aromatic rings. The normalized spacial score (nSPS) is 8.50. The zero-order chi connectivity index (χ0) is 7.98. The number of hydrogen-bond acceptors (Lipinski definition) is 3. The molecule has 0 saturated heterocycles. The van der Waals surface area contributed by atoms with Crippen LogP contribution >= 0.6 is 0 Å². The maximum absolute atomic E-state index is 10.2. The first-order valence-corrected chi connectivity index (χ1v) is 2.84. The van der Waals surface area contributed by atoms with Crippen molar-refractivity contribution in [2.24, 2.45) is 5.73 Å². The third kappa shape index (κ3) is 6.74. The van der Waals surface area contributed by atoms with E-state index in [0.29, 0.717) is 6.54 Å². The fourth-order valence-electron chi connectivity index (χ4n) is 0.380. The average Bonchev–Trinajstić information content (AvgIpc) is 1.79.